The molecule has 5 nitrogen and oxygen atoms in total. The van der Waals surface area contributed by atoms with Gasteiger partial charge in [0.25, 0.3) is 10.0 Å². The van der Waals surface area contributed by atoms with Crippen LogP contribution in [0.15, 0.2) is 88.2 Å². The van der Waals surface area contributed by atoms with E-state index in [2.05, 4.69) is 9.71 Å². The standard InChI is InChI=1S/C22H22N2O3S/c1-3-27-20-13-11-19(12-14-20)23-22(18-7-5-4-6-8-18)24-28(25,26)21-15-9-17(2)10-16-21/h4-16H,3H2,1-2H3,(H,23,24). The van der Waals surface area contributed by atoms with E-state index in [1.807, 2.05) is 68.4 Å². The predicted molar refractivity (Wildman–Crippen MR) is 113 cm³/mol. The van der Waals surface area contributed by atoms with Crippen LogP contribution >= 0.6 is 0 Å². The molecule has 0 aliphatic heterocycles. The fourth-order valence-electron chi connectivity index (χ4n) is 2.56. The lowest BCUT2D eigenvalue weighted by atomic mass is 10.2. The largest absolute Gasteiger partial charge is 0.494 e. The highest BCUT2D eigenvalue weighted by Crippen LogP contribution is 2.19. The summed E-state index contributed by atoms with van der Waals surface area (Å²) in [5.74, 6) is 1.00. The summed E-state index contributed by atoms with van der Waals surface area (Å²) in [6.45, 7) is 4.41. The molecule has 0 aliphatic carbocycles. The summed E-state index contributed by atoms with van der Waals surface area (Å²) < 4.78 is 35.1. The first-order valence-corrected chi connectivity index (χ1v) is 10.4. The van der Waals surface area contributed by atoms with E-state index in [4.69, 9.17) is 4.74 Å². The first-order chi connectivity index (χ1) is 13.5. The van der Waals surface area contributed by atoms with E-state index < -0.39 is 10.0 Å². The number of amidine groups is 1. The fourth-order valence-corrected chi connectivity index (χ4v) is 3.54. The zero-order chi connectivity index (χ0) is 20.0. The number of nitrogens with zero attached hydrogens (tertiary/aromatic N) is 1. The third kappa shape index (κ3) is 4.98. The number of benzene rings is 3. The Balaban J connectivity index is 1.97. The minimum Gasteiger partial charge on any atom is -0.494 e. The molecular formula is C22H22N2O3S. The minimum atomic E-state index is -3.86. The van der Waals surface area contributed by atoms with Crippen LogP contribution in [0.25, 0.3) is 0 Å². The second-order valence-corrected chi connectivity index (χ2v) is 7.78. The Labute approximate surface area is 165 Å². The topological polar surface area (TPSA) is 67.8 Å². The third-order valence-corrected chi connectivity index (χ3v) is 5.30. The van der Waals surface area contributed by atoms with Gasteiger partial charge in [0.1, 0.15) is 5.75 Å². The average molecular weight is 394 g/mol. The summed E-state index contributed by atoms with van der Waals surface area (Å²) in [4.78, 5) is 0.153. The van der Waals surface area contributed by atoms with Gasteiger partial charge in [-0.2, -0.15) is 8.42 Å². The molecular weight excluding hydrogens is 372 g/mol. The first kappa shape index (κ1) is 19.6. The Morgan fingerprint density at radius 2 is 1.57 bits per heavy atom. The van der Waals surface area contributed by atoms with E-state index in [1.165, 1.54) is 0 Å². The number of rotatable bonds is 6. The van der Waals surface area contributed by atoms with Gasteiger partial charge in [-0.05, 0) is 50.2 Å². The van der Waals surface area contributed by atoms with E-state index in [1.54, 1.807) is 24.3 Å². The lowest BCUT2D eigenvalue weighted by Gasteiger charge is -2.11. The molecule has 0 bridgehead atoms. The summed E-state index contributed by atoms with van der Waals surface area (Å²) in [5.41, 5.74) is 2.37. The number of ether oxygens (including phenoxy) is 1. The molecule has 0 atom stereocenters. The van der Waals surface area contributed by atoms with Gasteiger partial charge in [0.15, 0.2) is 5.84 Å². The number of sulfonamides is 1. The van der Waals surface area contributed by atoms with E-state index in [0.29, 0.717) is 17.9 Å². The molecule has 0 unspecified atom stereocenters. The molecule has 6 heteroatoms. The number of aryl methyl sites for hydroxylation is 1. The lowest BCUT2D eigenvalue weighted by Crippen LogP contribution is -2.16. The number of hydrogen-bond donors (Lipinski definition) is 1. The van der Waals surface area contributed by atoms with Crippen molar-refractivity contribution in [2.75, 3.05) is 11.9 Å². The number of anilines is 1. The summed E-state index contributed by atoms with van der Waals surface area (Å²) in [6, 6.07) is 23.1. The van der Waals surface area contributed by atoms with Crippen molar-refractivity contribution in [1.29, 1.82) is 0 Å². The zero-order valence-electron chi connectivity index (χ0n) is 15.8. The number of hydrogen-bond acceptors (Lipinski definition) is 3. The second-order valence-electron chi connectivity index (χ2n) is 6.18. The van der Waals surface area contributed by atoms with E-state index in [0.717, 1.165) is 11.3 Å². The molecule has 144 valence electrons. The van der Waals surface area contributed by atoms with Gasteiger partial charge in [-0.3, -0.25) is 0 Å². The van der Waals surface area contributed by atoms with Crippen molar-refractivity contribution < 1.29 is 13.2 Å². The van der Waals surface area contributed by atoms with Crippen molar-refractivity contribution in [3.8, 4) is 5.75 Å². The molecule has 0 radical (unpaired) electrons. The predicted octanol–water partition coefficient (Wildman–Crippen LogP) is 4.64. The van der Waals surface area contributed by atoms with Crippen LogP contribution in [0.4, 0.5) is 5.69 Å². The molecule has 28 heavy (non-hydrogen) atoms. The van der Waals surface area contributed by atoms with Crippen LogP contribution in [-0.4, -0.2) is 20.9 Å². The van der Waals surface area contributed by atoms with Crippen LogP contribution in [0, 0.1) is 6.92 Å². The fraction of sp³-hybridized carbons (Fsp3) is 0.136. The van der Waals surface area contributed by atoms with Crippen LogP contribution in [0.2, 0.25) is 0 Å². The van der Waals surface area contributed by atoms with Crippen molar-refractivity contribution in [2.24, 2.45) is 4.40 Å². The third-order valence-electron chi connectivity index (χ3n) is 4.01. The van der Waals surface area contributed by atoms with Crippen molar-refractivity contribution in [2.45, 2.75) is 18.7 Å². The average Bonchev–Trinajstić information content (AvgIpc) is 2.70. The van der Waals surface area contributed by atoms with Crippen molar-refractivity contribution in [3.05, 3.63) is 90.0 Å². The first-order valence-electron chi connectivity index (χ1n) is 8.95. The Kier molecular flexibility index (Phi) is 6.11. The molecule has 3 aromatic rings. The maximum atomic E-state index is 12.8. The molecule has 0 aromatic heterocycles. The molecule has 1 N–H and O–H groups in total. The van der Waals surface area contributed by atoms with Gasteiger partial charge in [-0.25, -0.2) is 0 Å². The van der Waals surface area contributed by atoms with Crippen LogP contribution in [0.1, 0.15) is 18.1 Å². The molecule has 0 saturated heterocycles. The normalized spacial score (nSPS) is 11.9. The van der Waals surface area contributed by atoms with Crippen LogP contribution in [-0.2, 0) is 10.0 Å². The highest BCUT2D eigenvalue weighted by atomic mass is 32.2. The van der Waals surface area contributed by atoms with Crippen molar-refractivity contribution in [3.63, 3.8) is 0 Å². The highest BCUT2D eigenvalue weighted by Gasteiger charge is 2.16. The van der Waals surface area contributed by atoms with Gasteiger partial charge in [-0.1, -0.05) is 48.0 Å². The molecule has 0 saturated carbocycles. The van der Waals surface area contributed by atoms with Gasteiger partial charge >= 0.3 is 0 Å². The Morgan fingerprint density at radius 1 is 0.929 bits per heavy atom. The lowest BCUT2D eigenvalue weighted by molar-refractivity contribution is 0.340. The second kappa shape index (κ2) is 8.71. The highest BCUT2D eigenvalue weighted by molar-refractivity contribution is 7.90. The molecule has 0 spiro atoms. The monoisotopic (exact) mass is 394 g/mol. The van der Waals surface area contributed by atoms with Gasteiger partial charge in [-0.15, -0.1) is 4.40 Å². The summed E-state index contributed by atoms with van der Waals surface area (Å²) >= 11 is 0. The van der Waals surface area contributed by atoms with Gasteiger partial charge in [0, 0.05) is 11.3 Å². The van der Waals surface area contributed by atoms with Crippen LogP contribution in [0.5, 0.6) is 5.75 Å². The van der Waals surface area contributed by atoms with Gasteiger partial charge in [0.05, 0.1) is 11.5 Å². The van der Waals surface area contributed by atoms with Crippen molar-refractivity contribution in [1.82, 2.24) is 0 Å². The quantitative estimate of drug-likeness (QED) is 0.488. The van der Waals surface area contributed by atoms with E-state index in [9.17, 15) is 8.42 Å². The Morgan fingerprint density at radius 3 is 2.18 bits per heavy atom. The zero-order valence-corrected chi connectivity index (χ0v) is 16.6. The molecule has 3 rings (SSSR count). The number of nitrogens with one attached hydrogen (secondary N) is 1. The van der Waals surface area contributed by atoms with Crippen LogP contribution in [0.3, 0.4) is 0 Å². The molecule has 0 heterocycles. The van der Waals surface area contributed by atoms with E-state index >= 15 is 0 Å². The smallest absolute Gasteiger partial charge is 0.284 e. The Bertz CT molecular complexity index is 1040. The van der Waals surface area contributed by atoms with E-state index in [-0.39, 0.29) is 10.7 Å². The minimum absolute atomic E-state index is 0.153. The van der Waals surface area contributed by atoms with Crippen molar-refractivity contribution >= 4 is 21.5 Å². The molecule has 0 fully saturated rings. The van der Waals surface area contributed by atoms with Gasteiger partial charge < -0.3 is 10.1 Å². The molecule has 3 aromatic carbocycles. The molecule has 0 amide bonds. The Hall–Kier alpha value is -3.12. The summed E-state index contributed by atoms with van der Waals surface area (Å²) in [7, 11) is -3.86. The molecule has 0 aliphatic rings. The van der Waals surface area contributed by atoms with Gasteiger partial charge in [0.2, 0.25) is 0 Å². The van der Waals surface area contributed by atoms with Crippen LogP contribution < -0.4 is 10.1 Å². The maximum absolute atomic E-state index is 12.8. The maximum Gasteiger partial charge on any atom is 0.284 e. The SMILES string of the molecule is CCOc1ccc(NC(=NS(=O)(=O)c2ccc(C)cc2)c2ccccc2)cc1. The summed E-state index contributed by atoms with van der Waals surface area (Å²) in [5, 5.41) is 3.12. The summed E-state index contributed by atoms with van der Waals surface area (Å²) in [6.07, 6.45) is 0.